The first kappa shape index (κ1) is 16.5. The average Bonchev–Trinajstić information content (AvgIpc) is 2.96. The third-order valence-electron chi connectivity index (χ3n) is 6.12. The summed E-state index contributed by atoms with van der Waals surface area (Å²) in [6.45, 7) is 8.99. The molecule has 2 fully saturated rings. The molecular weight excluding hydrogens is 279 g/mol. The summed E-state index contributed by atoms with van der Waals surface area (Å²) in [6.07, 6.45) is 5.72. The minimum atomic E-state index is -0.552. The highest BCUT2D eigenvalue weighted by atomic mass is 16.7. The fraction of sp³-hybridized carbons (Fsp3) is 0.882. The first-order chi connectivity index (χ1) is 10.2. The molecule has 3 atom stereocenters. The number of allylic oxidation sites excluding steroid dienone is 2. The summed E-state index contributed by atoms with van der Waals surface area (Å²) in [5.41, 5.74) is 0.149. The van der Waals surface area contributed by atoms with Gasteiger partial charge in [0.1, 0.15) is 0 Å². The molecule has 0 aromatic carbocycles. The Morgan fingerprint density at radius 1 is 1.23 bits per heavy atom. The normalized spacial score (nSPS) is 39.2. The van der Waals surface area contributed by atoms with Crippen LogP contribution in [0.1, 0.15) is 53.4 Å². The Morgan fingerprint density at radius 3 is 2.41 bits per heavy atom. The largest absolute Gasteiger partial charge is 0.490 e. The zero-order valence-electron chi connectivity index (χ0n) is 14.5. The molecule has 0 amide bonds. The van der Waals surface area contributed by atoms with Crippen molar-refractivity contribution in [3.05, 3.63) is 11.5 Å². The summed E-state index contributed by atoms with van der Waals surface area (Å²) in [7, 11) is 1.47. The minimum absolute atomic E-state index is 0.220. The monoisotopic (exact) mass is 308 g/mol. The van der Waals surface area contributed by atoms with Gasteiger partial charge in [0.05, 0.1) is 16.8 Å². The standard InChI is InChI=1S/C17H29BO4/c1-15(2)16(3,4)22-18(21-15)14-8-12-10-17(19,6-7-20-5)11-13(12)9-14/h8,12-13,19H,6-7,9-11H2,1-5H3. The third-order valence-corrected chi connectivity index (χ3v) is 6.12. The van der Waals surface area contributed by atoms with Crippen LogP contribution in [0, 0.1) is 11.8 Å². The lowest BCUT2D eigenvalue weighted by Crippen LogP contribution is -2.41. The predicted octanol–water partition coefficient (Wildman–Crippen LogP) is 2.74. The SMILES string of the molecule is COCCC1(O)CC2C=C(B3OC(C)(C)C(C)(C)O3)CC2C1. The summed E-state index contributed by atoms with van der Waals surface area (Å²) in [5.74, 6) is 0.978. The van der Waals surface area contributed by atoms with Gasteiger partial charge in [0.15, 0.2) is 0 Å². The minimum Gasteiger partial charge on any atom is -0.400 e. The molecule has 0 bridgehead atoms. The Hall–Kier alpha value is -0.355. The zero-order valence-corrected chi connectivity index (χ0v) is 14.5. The van der Waals surface area contributed by atoms with Crippen molar-refractivity contribution in [2.75, 3.05) is 13.7 Å². The van der Waals surface area contributed by atoms with Crippen molar-refractivity contribution in [2.45, 2.75) is 70.2 Å². The van der Waals surface area contributed by atoms with E-state index in [4.69, 9.17) is 14.0 Å². The van der Waals surface area contributed by atoms with Crippen molar-refractivity contribution in [1.29, 1.82) is 0 Å². The molecule has 1 saturated heterocycles. The molecule has 2 aliphatic carbocycles. The molecule has 0 aromatic heterocycles. The Kier molecular flexibility index (Phi) is 4.00. The van der Waals surface area contributed by atoms with Gasteiger partial charge in [-0.25, -0.2) is 0 Å². The highest BCUT2D eigenvalue weighted by Gasteiger charge is 2.55. The lowest BCUT2D eigenvalue weighted by molar-refractivity contribution is 0.00578. The highest BCUT2D eigenvalue weighted by Crippen LogP contribution is 2.51. The molecule has 3 unspecified atom stereocenters. The van der Waals surface area contributed by atoms with E-state index in [9.17, 15) is 5.11 Å². The maximum Gasteiger partial charge on any atom is 0.490 e. The summed E-state index contributed by atoms with van der Waals surface area (Å²) in [5, 5.41) is 10.7. The van der Waals surface area contributed by atoms with Crippen LogP contribution in [-0.2, 0) is 14.0 Å². The van der Waals surface area contributed by atoms with Gasteiger partial charge >= 0.3 is 7.12 Å². The molecule has 0 radical (unpaired) electrons. The third kappa shape index (κ3) is 2.77. The zero-order chi connectivity index (χ0) is 16.2. The number of fused-ring (bicyclic) bond motifs is 1. The first-order valence-corrected chi connectivity index (χ1v) is 8.43. The lowest BCUT2D eigenvalue weighted by Gasteiger charge is -2.32. The molecule has 5 heteroatoms. The average molecular weight is 308 g/mol. The van der Waals surface area contributed by atoms with Crippen molar-refractivity contribution in [2.24, 2.45) is 11.8 Å². The number of hydrogen-bond donors (Lipinski definition) is 1. The van der Waals surface area contributed by atoms with Gasteiger partial charge < -0.3 is 19.2 Å². The van der Waals surface area contributed by atoms with Crippen LogP contribution < -0.4 is 0 Å². The van der Waals surface area contributed by atoms with E-state index < -0.39 is 5.60 Å². The molecule has 3 rings (SSSR count). The highest BCUT2D eigenvalue weighted by molar-refractivity contribution is 6.54. The molecule has 1 saturated carbocycles. The van der Waals surface area contributed by atoms with Crippen molar-refractivity contribution in [1.82, 2.24) is 0 Å². The van der Waals surface area contributed by atoms with E-state index in [-0.39, 0.29) is 18.3 Å². The Balaban J connectivity index is 1.65. The topological polar surface area (TPSA) is 47.9 Å². The van der Waals surface area contributed by atoms with E-state index in [2.05, 4.69) is 33.8 Å². The second-order valence-corrected chi connectivity index (χ2v) is 8.33. The number of methoxy groups -OCH3 is 1. The molecule has 0 aromatic rings. The fourth-order valence-corrected chi connectivity index (χ4v) is 4.06. The molecule has 1 aliphatic heterocycles. The van der Waals surface area contributed by atoms with Crippen molar-refractivity contribution in [3.8, 4) is 0 Å². The second kappa shape index (κ2) is 5.33. The van der Waals surface area contributed by atoms with Gasteiger partial charge in [-0.1, -0.05) is 6.08 Å². The molecule has 3 aliphatic rings. The molecule has 0 spiro atoms. The Labute approximate surface area is 134 Å². The Morgan fingerprint density at radius 2 is 1.86 bits per heavy atom. The molecule has 1 N–H and O–H groups in total. The van der Waals surface area contributed by atoms with Gasteiger partial charge in [-0.3, -0.25) is 0 Å². The lowest BCUT2D eigenvalue weighted by atomic mass is 9.76. The van der Waals surface area contributed by atoms with Crippen LogP contribution in [0.4, 0.5) is 0 Å². The maximum atomic E-state index is 10.7. The van der Waals surface area contributed by atoms with Crippen LogP contribution in [-0.4, -0.2) is 42.7 Å². The van der Waals surface area contributed by atoms with Crippen LogP contribution >= 0.6 is 0 Å². The van der Waals surface area contributed by atoms with Crippen LogP contribution in [0.15, 0.2) is 11.5 Å². The quantitative estimate of drug-likeness (QED) is 0.811. The van der Waals surface area contributed by atoms with Crippen molar-refractivity contribution in [3.63, 3.8) is 0 Å². The van der Waals surface area contributed by atoms with Gasteiger partial charge in [-0.2, -0.15) is 0 Å². The van der Waals surface area contributed by atoms with Crippen LogP contribution in [0.2, 0.25) is 0 Å². The van der Waals surface area contributed by atoms with Gasteiger partial charge in [0.25, 0.3) is 0 Å². The second-order valence-electron chi connectivity index (χ2n) is 8.33. The smallest absolute Gasteiger partial charge is 0.400 e. The molecule has 4 nitrogen and oxygen atoms in total. The summed E-state index contributed by atoms with van der Waals surface area (Å²) >= 11 is 0. The number of hydrogen-bond acceptors (Lipinski definition) is 4. The van der Waals surface area contributed by atoms with Crippen molar-refractivity contribution >= 4 is 7.12 Å². The van der Waals surface area contributed by atoms with E-state index in [1.165, 1.54) is 5.47 Å². The summed E-state index contributed by atoms with van der Waals surface area (Å²) in [6, 6.07) is 0. The van der Waals surface area contributed by atoms with Crippen LogP contribution in [0.3, 0.4) is 0 Å². The summed E-state index contributed by atoms with van der Waals surface area (Å²) < 4.78 is 17.4. The maximum absolute atomic E-state index is 10.7. The molecule has 22 heavy (non-hydrogen) atoms. The van der Waals surface area contributed by atoms with Crippen molar-refractivity contribution < 1.29 is 19.2 Å². The summed E-state index contributed by atoms with van der Waals surface area (Å²) in [4.78, 5) is 0. The number of aliphatic hydroxyl groups is 1. The first-order valence-electron chi connectivity index (χ1n) is 8.43. The van der Waals surface area contributed by atoms with Gasteiger partial charge in [0.2, 0.25) is 0 Å². The van der Waals surface area contributed by atoms with E-state index in [0.717, 1.165) is 25.7 Å². The number of rotatable bonds is 4. The predicted molar refractivity (Wildman–Crippen MR) is 86.4 cm³/mol. The molecule has 124 valence electrons. The van der Waals surface area contributed by atoms with E-state index in [1.54, 1.807) is 7.11 Å². The van der Waals surface area contributed by atoms with Gasteiger partial charge in [-0.05, 0) is 70.7 Å². The van der Waals surface area contributed by atoms with E-state index in [1.807, 2.05) is 0 Å². The van der Waals surface area contributed by atoms with Gasteiger partial charge in [-0.15, -0.1) is 0 Å². The fourth-order valence-electron chi connectivity index (χ4n) is 4.06. The van der Waals surface area contributed by atoms with Crippen LogP contribution in [0.25, 0.3) is 0 Å². The van der Waals surface area contributed by atoms with Crippen LogP contribution in [0.5, 0.6) is 0 Å². The Bertz CT molecular complexity index is 457. The number of ether oxygens (including phenoxy) is 1. The van der Waals surface area contributed by atoms with E-state index in [0.29, 0.717) is 18.4 Å². The van der Waals surface area contributed by atoms with Gasteiger partial charge in [0, 0.05) is 13.7 Å². The molecular formula is C17H29BO4. The molecule has 1 heterocycles. The van der Waals surface area contributed by atoms with E-state index >= 15 is 0 Å².